The molecule has 2 aromatic heterocycles. The van der Waals surface area contributed by atoms with Gasteiger partial charge in [0.15, 0.2) is 17.1 Å². The van der Waals surface area contributed by atoms with Crippen LogP contribution in [0.5, 0.6) is 0 Å². The molecule has 108 valence electrons. The van der Waals surface area contributed by atoms with Gasteiger partial charge in [-0.3, -0.25) is 13.9 Å². The predicted molar refractivity (Wildman–Crippen MR) is 76.8 cm³/mol. The van der Waals surface area contributed by atoms with E-state index in [1.807, 2.05) is 0 Å². The molecule has 0 radical (unpaired) electrons. The Labute approximate surface area is 115 Å². The summed E-state index contributed by atoms with van der Waals surface area (Å²) in [6, 6.07) is 0.111. The minimum Gasteiger partial charge on any atom is -0.369 e. The van der Waals surface area contributed by atoms with E-state index in [4.69, 9.17) is 5.73 Å². The molecule has 0 amide bonds. The second kappa shape index (κ2) is 4.81. The number of hydrogen-bond acceptors (Lipinski definition) is 4. The standard InChI is InChI=1S/C13H19N5O2/c1-2-17-11(19)9-10(16-12(14)15-9)18(13(17)20)8-6-4-3-5-7-8/h8H,2-7H2,1H3,(H3,14,15,16). The predicted octanol–water partition coefficient (Wildman–Crippen LogP) is 0.994. The molecule has 3 N–H and O–H groups in total. The number of nitrogen functional groups attached to an aromatic ring is 1. The minimum absolute atomic E-state index is 0.111. The first-order chi connectivity index (χ1) is 9.63. The Morgan fingerprint density at radius 1 is 1.30 bits per heavy atom. The van der Waals surface area contributed by atoms with Crippen LogP contribution in [0, 0.1) is 0 Å². The number of nitrogens with two attached hydrogens (primary N) is 1. The summed E-state index contributed by atoms with van der Waals surface area (Å²) >= 11 is 0. The first kappa shape index (κ1) is 13.0. The zero-order valence-corrected chi connectivity index (χ0v) is 11.6. The van der Waals surface area contributed by atoms with Crippen LogP contribution in [-0.4, -0.2) is 19.1 Å². The van der Waals surface area contributed by atoms with E-state index >= 15 is 0 Å². The maximum Gasteiger partial charge on any atom is 0.332 e. The molecule has 20 heavy (non-hydrogen) atoms. The van der Waals surface area contributed by atoms with Gasteiger partial charge in [-0.05, 0) is 19.8 Å². The Hall–Kier alpha value is -2.05. The third kappa shape index (κ3) is 1.85. The van der Waals surface area contributed by atoms with Crippen molar-refractivity contribution in [3.8, 4) is 0 Å². The third-order valence-corrected chi connectivity index (χ3v) is 4.08. The molecule has 2 heterocycles. The normalized spacial score (nSPS) is 16.9. The number of aromatic nitrogens is 4. The van der Waals surface area contributed by atoms with Crippen LogP contribution in [-0.2, 0) is 6.54 Å². The molecule has 1 saturated carbocycles. The highest BCUT2D eigenvalue weighted by Gasteiger charge is 2.23. The molecule has 3 rings (SSSR count). The lowest BCUT2D eigenvalue weighted by Gasteiger charge is -2.24. The second-order valence-corrected chi connectivity index (χ2v) is 5.31. The smallest absolute Gasteiger partial charge is 0.332 e. The summed E-state index contributed by atoms with van der Waals surface area (Å²) in [7, 11) is 0. The van der Waals surface area contributed by atoms with Crippen molar-refractivity contribution in [2.45, 2.75) is 51.6 Å². The number of H-pyrrole nitrogens is 1. The highest BCUT2D eigenvalue weighted by Crippen LogP contribution is 2.28. The molecule has 1 aliphatic rings. The fourth-order valence-corrected chi connectivity index (χ4v) is 3.10. The van der Waals surface area contributed by atoms with Gasteiger partial charge in [0.05, 0.1) is 0 Å². The summed E-state index contributed by atoms with van der Waals surface area (Å²) in [4.78, 5) is 31.8. The van der Waals surface area contributed by atoms with Gasteiger partial charge in [0, 0.05) is 12.6 Å². The maximum absolute atomic E-state index is 12.6. The van der Waals surface area contributed by atoms with Crippen molar-refractivity contribution in [2.24, 2.45) is 0 Å². The summed E-state index contributed by atoms with van der Waals surface area (Å²) in [5, 5.41) is 0. The van der Waals surface area contributed by atoms with E-state index in [-0.39, 0.29) is 23.2 Å². The molecule has 1 fully saturated rings. The number of rotatable bonds is 2. The summed E-state index contributed by atoms with van der Waals surface area (Å²) in [6.45, 7) is 2.14. The van der Waals surface area contributed by atoms with Crippen molar-refractivity contribution in [1.29, 1.82) is 0 Å². The first-order valence-corrected chi connectivity index (χ1v) is 7.14. The number of nitrogens with one attached hydrogen (secondary N) is 1. The third-order valence-electron chi connectivity index (χ3n) is 4.08. The highest BCUT2D eigenvalue weighted by molar-refractivity contribution is 5.72. The number of imidazole rings is 1. The molecule has 0 bridgehead atoms. The maximum atomic E-state index is 12.6. The van der Waals surface area contributed by atoms with Crippen LogP contribution in [0.1, 0.15) is 45.1 Å². The van der Waals surface area contributed by atoms with Crippen LogP contribution >= 0.6 is 0 Å². The average molecular weight is 277 g/mol. The van der Waals surface area contributed by atoms with Crippen molar-refractivity contribution in [2.75, 3.05) is 5.73 Å². The lowest BCUT2D eigenvalue weighted by molar-refractivity contribution is 0.343. The van der Waals surface area contributed by atoms with Gasteiger partial charge < -0.3 is 10.7 Å². The van der Waals surface area contributed by atoms with Crippen LogP contribution in [0.3, 0.4) is 0 Å². The van der Waals surface area contributed by atoms with Crippen LogP contribution in [0.4, 0.5) is 5.95 Å². The second-order valence-electron chi connectivity index (χ2n) is 5.31. The van der Waals surface area contributed by atoms with Crippen molar-refractivity contribution in [1.82, 2.24) is 19.1 Å². The number of aromatic amines is 1. The molecule has 0 atom stereocenters. The summed E-state index contributed by atoms with van der Waals surface area (Å²) in [5.74, 6) is 0.176. The van der Waals surface area contributed by atoms with E-state index < -0.39 is 0 Å². The molecule has 7 heteroatoms. The zero-order chi connectivity index (χ0) is 14.3. The zero-order valence-electron chi connectivity index (χ0n) is 11.6. The molecule has 7 nitrogen and oxygen atoms in total. The Morgan fingerprint density at radius 3 is 2.65 bits per heavy atom. The van der Waals surface area contributed by atoms with Gasteiger partial charge >= 0.3 is 5.69 Å². The van der Waals surface area contributed by atoms with Gasteiger partial charge in [-0.2, -0.15) is 4.98 Å². The summed E-state index contributed by atoms with van der Waals surface area (Å²) < 4.78 is 2.90. The van der Waals surface area contributed by atoms with E-state index in [0.717, 1.165) is 25.7 Å². The van der Waals surface area contributed by atoms with E-state index in [0.29, 0.717) is 17.7 Å². The van der Waals surface area contributed by atoms with E-state index in [9.17, 15) is 9.59 Å². The van der Waals surface area contributed by atoms with Gasteiger partial charge in [-0.15, -0.1) is 0 Å². The summed E-state index contributed by atoms with van der Waals surface area (Å²) in [6.07, 6.45) is 5.30. The number of anilines is 1. The molecular weight excluding hydrogens is 258 g/mol. The first-order valence-electron chi connectivity index (χ1n) is 7.14. The number of nitrogens with zero attached hydrogens (tertiary/aromatic N) is 3. The van der Waals surface area contributed by atoms with Crippen molar-refractivity contribution in [3.63, 3.8) is 0 Å². The Balaban J connectivity index is 2.33. The van der Waals surface area contributed by atoms with Crippen LogP contribution in [0.25, 0.3) is 11.2 Å². The molecule has 0 aromatic carbocycles. The molecule has 2 aromatic rings. The van der Waals surface area contributed by atoms with Gasteiger partial charge in [0.25, 0.3) is 5.56 Å². The van der Waals surface area contributed by atoms with Gasteiger partial charge in [-0.1, -0.05) is 19.3 Å². The van der Waals surface area contributed by atoms with E-state index in [1.54, 1.807) is 11.5 Å². The fraction of sp³-hybridized carbons (Fsp3) is 0.615. The monoisotopic (exact) mass is 277 g/mol. The largest absolute Gasteiger partial charge is 0.369 e. The quantitative estimate of drug-likeness (QED) is 0.855. The minimum atomic E-state index is -0.344. The topological polar surface area (TPSA) is 98.7 Å². The average Bonchev–Trinajstić information content (AvgIpc) is 2.82. The fourth-order valence-electron chi connectivity index (χ4n) is 3.10. The van der Waals surface area contributed by atoms with Gasteiger partial charge in [-0.25, -0.2) is 4.79 Å². The Morgan fingerprint density at radius 2 is 2.00 bits per heavy atom. The Kier molecular flexibility index (Phi) is 3.11. The molecule has 0 saturated heterocycles. The molecule has 0 aliphatic heterocycles. The van der Waals surface area contributed by atoms with E-state index in [2.05, 4.69) is 9.97 Å². The van der Waals surface area contributed by atoms with E-state index in [1.165, 1.54) is 11.0 Å². The summed E-state index contributed by atoms with van der Waals surface area (Å²) in [5.41, 5.74) is 5.78. The molecule has 1 aliphatic carbocycles. The van der Waals surface area contributed by atoms with Crippen LogP contribution < -0.4 is 17.0 Å². The van der Waals surface area contributed by atoms with Crippen LogP contribution in [0.15, 0.2) is 9.59 Å². The van der Waals surface area contributed by atoms with Crippen molar-refractivity contribution < 1.29 is 0 Å². The van der Waals surface area contributed by atoms with Crippen molar-refractivity contribution >= 4 is 17.1 Å². The van der Waals surface area contributed by atoms with Gasteiger partial charge in [0.2, 0.25) is 0 Å². The molecule has 0 spiro atoms. The van der Waals surface area contributed by atoms with Crippen molar-refractivity contribution in [3.05, 3.63) is 20.8 Å². The lowest BCUT2D eigenvalue weighted by Crippen LogP contribution is -2.41. The van der Waals surface area contributed by atoms with Gasteiger partial charge in [0.1, 0.15) is 0 Å². The Bertz CT molecular complexity index is 748. The number of fused-ring (bicyclic) bond motifs is 1. The molecule has 0 unspecified atom stereocenters. The number of hydrogen-bond donors (Lipinski definition) is 2. The SMILES string of the molecule is CCn1c(=O)c2[nH]c(N)nc2n(C2CCCCC2)c1=O. The molecular formula is C13H19N5O2. The van der Waals surface area contributed by atoms with Crippen LogP contribution in [0.2, 0.25) is 0 Å². The lowest BCUT2D eigenvalue weighted by atomic mass is 9.95. The highest BCUT2D eigenvalue weighted by atomic mass is 16.2.